The van der Waals surface area contributed by atoms with Crippen molar-refractivity contribution in [3.05, 3.63) is 242 Å². The third-order valence-electron chi connectivity index (χ3n) is 12.6. The molecule has 0 amide bonds. The molecule has 0 aliphatic heterocycles. The zero-order valence-electron chi connectivity index (χ0n) is 34.3. The van der Waals surface area contributed by atoms with E-state index in [-0.39, 0.29) is 5.41 Å². The van der Waals surface area contributed by atoms with Gasteiger partial charge in [0.25, 0.3) is 0 Å². The van der Waals surface area contributed by atoms with Crippen LogP contribution in [0, 0.1) is 0 Å². The van der Waals surface area contributed by atoms with Crippen molar-refractivity contribution in [2.75, 3.05) is 4.90 Å². The van der Waals surface area contributed by atoms with E-state index in [9.17, 15) is 0 Å². The maximum absolute atomic E-state index is 2.47. The molecular formula is C59H44N2. The smallest absolute Gasteiger partial charge is 0.0584 e. The lowest BCUT2D eigenvalue weighted by Crippen LogP contribution is -2.14. The minimum atomic E-state index is -0.119. The number of hydrogen-bond acceptors (Lipinski definition) is 1. The molecule has 10 aromatic rings. The van der Waals surface area contributed by atoms with Gasteiger partial charge in [-0.2, -0.15) is 0 Å². The van der Waals surface area contributed by atoms with Crippen LogP contribution in [0.5, 0.6) is 0 Å². The van der Waals surface area contributed by atoms with E-state index >= 15 is 0 Å². The van der Waals surface area contributed by atoms with E-state index < -0.39 is 0 Å². The lowest BCUT2D eigenvalue weighted by molar-refractivity contribution is 0.666. The Morgan fingerprint density at radius 2 is 0.738 bits per heavy atom. The number of para-hydroxylation sites is 1. The van der Waals surface area contributed by atoms with Gasteiger partial charge in [0.1, 0.15) is 0 Å². The maximum atomic E-state index is 2.47. The minimum absolute atomic E-state index is 0.119. The molecule has 0 fully saturated rings. The summed E-state index contributed by atoms with van der Waals surface area (Å²) in [4.78, 5) is 2.34. The van der Waals surface area contributed by atoms with Gasteiger partial charge in [0, 0.05) is 39.1 Å². The van der Waals surface area contributed by atoms with Gasteiger partial charge in [-0.1, -0.05) is 184 Å². The van der Waals surface area contributed by atoms with Crippen molar-refractivity contribution < 1.29 is 0 Å². The first-order chi connectivity index (χ1) is 30.0. The van der Waals surface area contributed by atoms with E-state index in [1.54, 1.807) is 0 Å². The summed E-state index contributed by atoms with van der Waals surface area (Å²) in [5.41, 5.74) is 20.7. The Kier molecular flexibility index (Phi) is 8.86. The van der Waals surface area contributed by atoms with Crippen molar-refractivity contribution in [3.63, 3.8) is 0 Å². The van der Waals surface area contributed by atoms with Gasteiger partial charge < -0.3 is 9.47 Å². The number of hydrogen-bond donors (Lipinski definition) is 0. The summed E-state index contributed by atoms with van der Waals surface area (Å²) in [6.07, 6.45) is 0. The van der Waals surface area contributed by atoms with Gasteiger partial charge >= 0.3 is 0 Å². The molecule has 1 heterocycles. The van der Waals surface area contributed by atoms with Gasteiger partial charge in [0.2, 0.25) is 0 Å². The Morgan fingerprint density at radius 3 is 1.23 bits per heavy atom. The van der Waals surface area contributed by atoms with Crippen LogP contribution in [0.25, 0.3) is 72.4 Å². The van der Waals surface area contributed by atoms with Crippen LogP contribution in [0.2, 0.25) is 0 Å². The fourth-order valence-electron chi connectivity index (χ4n) is 9.55. The Morgan fingerprint density at radius 1 is 0.361 bits per heavy atom. The van der Waals surface area contributed by atoms with E-state index in [4.69, 9.17) is 0 Å². The summed E-state index contributed by atoms with van der Waals surface area (Å²) in [5, 5.41) is 1.31. The third kappa shape index (κ3) is 6.36. The topological polar surface area (TPSA) is 8.17 Å². The summed E-state index contributed by atoms with van der Waals surface area (Å²) < 4.78 is 2.47. The van der Waals surface area contributed by atoms with Crippen LogP contribution in [-0.2, 0) is 5.41 Å². The van der Waals surface area contributed by atoms with E-state index in [1.807, 2.05) is 0 Å². The lowest BCUT2D eigenvalue weighted by Gasteiger charge is -2.26. The molecule has 0 radical (unpaired) electrons. The highest BCUT2D eigenvalue weighted by molar-refractivity contribution is 6.01. The highest BCUT2D eigenvalue weighted by atomic mass is 15.1. The second-order valence-corrected chi connectivity index (χ2v) is 16.6. The molecule has 0 spiro atoms. The normalized spacial score (nSPS) is 12.6. The average Bonchev–Trinajstić information content (AvgIpc) is 3.80. The van der Waals surface area contributed by atoms with Gasteiger partial charge in [-0.25, -0.2) is 0 Å². The van der Waals surface area contributed by atoms with Crippen LogP contribution in [0.3, 0.4) is 0 Å². The lowest BCUT2D eigenvalue weighted by atomic mass is 9.81. The number of anilines is 3. The average molecular weight is 781 g/mol. The molecule has 0 saturated carbocycles. The first-order valence-corrected chi connectivity index (χ1v) is 21.2. The molecule has 1 aromatic heterocycles. The standard InChI is InChI=1S/C59H44N2/c1-59(2)55-21-13-12-20-53(55)58-57(59)54-40-48(32-39-56(54)61(58)49-18-10-5-11-19-49)47-24-22-43(23-25-47)46-30-37-52(38-31-46)60(50-33-26-44(27-34-50)41-14-6-3-7-15-41)51-35-28-45(29-36-51)42-16-8-4-9-17-42/h3-40H,1-2H3. The summed E-state index contributed by atoms with van der Waals surface area (Å²) in [6.45, 7) is 4.75. The Hall–Kier alpha value is -7.68. The first kappa shape index (κ1) is 36.4. The fourth-order valence-corrected chi connectivity index (χ4v) is 9.55. The largest absolute Gasteiger partial charge is 0.311 e. The Labute approximate surface area is 358 Å². The van der Waals surface area contributed by atoms with Gasteiger partial charge in [0.15, 0.2) is 0 Å². The number of nitrogens with zero attached hydrogens (tertiary/aromatic N) is 2. The molecule has 290 valence electrons. The quantitative estimate of drug-likeness (QED) is 0.149. The van der Waals surface area contributed by atoms with Crippen molar-refractivity contribution in [2.24, 2.45) is 0 Å². The molecule has 1 aliphatic carbocycles. The molecule has 9 aromatic carbocycles. The van der Waals surface area contributed by atoms with Gasteiger partial charge in [0.05, 0.1) is 11.2 Å². The molecule has 2 nitrogen and oxygen atoms in total. The monoisotopic (exact) mass is 780 g/mol. The second kappa shape index (κ2) is 14.9. The fraction of sp³-hybridized carbons (Fsp3) is 0.0508. The Balaban J connectivity index is 0.922. The maximum Gasteiger partial charge on any atom is 0.0584 e. The molecule has 2 heteroatoms. The van der Waals surface area contributed by atoms with Crippen LogP contribution >= 0.6 is 0 Å². The predicted molar refractivity (Wildman–Crippen MR) is 257 cm³/mol. The summed E-state index contributed by atoms with van der Waals surface area (Å²) >= 11 is 0. The van der Waals surface area contributed by atoms with E-state index in [0.717, 1.165) is 17.1 Å². The van der Waals surface area contributed by atoms with Crippen molar-refractivity contribution >= 4 is 28.0 Å². The molecule has 61 heavy (non-hydrogen) atoms. The van der Waals surface area contributed by atoms with Crippen molar-refractivity contribution in [1.29, 1.82) is 0 Å². The molecular weight excluding hydrogens is 737 g/mol. The van der Waals surface area contributed by atoms with Gasteiger partial charge in [-0.3, -0.25) is 0 Å². The zero-order chi connectivity index (χ0) is 40.9. The van der Waals surface area contributed by atoms with Crippen LogP contribution in [0.15, 0.2) is 231 Å². The first-order valence-electron chi connectivity index (χ1n) is 21.2. The minimum Gasteiger partial charge on any atom is -0.311 e. The summed E-state index contributed by atoms with van der Waals surface area (Å²) in [5.74, 6) is 0. The Bertz CT molecular complexity index is 3060. The molecule has 11 rings (SSSR count). The number of aromatic nitrogens is 1. The van der Waals surface area contributed by atoms with Gasteiger partial charge in [-0.15, -0.1) is 0 Å². The summed E-state index contributed by atoms with van der Waals surface area (Å²) in [7, 11) is 0. The van der Waals surface area contributed by atoms with Crippen molar-refractivity contribution in [2.45, 2.75) is 19.3 Å². The number of fused-ring (bicyclic) bond motifs is 5. The predicted octanol–water partition coefficient (Wildman–Crippen LogP) is 16.1. The van der Waals surface area contributed by atoms with E-state index in [2.05, 4.69) is 254 Å². The molecule has 1 aliphatic rings. The highest BCUT2D eigenvalue weighted by Crippen LogP contribution is 2.54. The van der Waals surface area contributed by atoms with E-state index in [1.165, 1.54) is 83.5 Å². The van der Waals surface area contributed by atoms with Crippen LogP contribution in [0.1, 0.15) is 25.0 Å². The third-order valence-corrected chi connectivity index (χ3v) is 12.6. The molecule has 0 saturated heterocycles. The van der Waals surface area contributed by atoms with E-state index in [0.29, 0.717) is 0 Å². The van der Waals surface area contributed by atoms with Gasteiger partial charge in [-0.05, 0) is 116 Å². The zero-order valence-corrected chi connectivity index (χ0v) is 34.3. The van der Waals surface area contributed by atoms with Crippen LogP contribution in [0.4, 0.5) is 17.1 Å². The second-order valence-electron chi connectivity index (χ2n) is 16.6. The number of benzene rings is 9. The van der Waals surface area contributed by atoms with Crippen molar-refractivity contribution in [1.82, 2.24) is 4.57 Å². The summed E-state index contributed by atoms with van der Waals surface area (Å²) in [6, 6.07) is 83.7. The molecule has 0 unspecified atom stereocenters. The molecule has 0 N–H and O–H groups in total. The highest BCUT2D eigenvalue weighted by Gasteiger charge is 2.40. The molecule has 0 atom stereocenters. The van der Waals surface area contributed by atoms with Crippen LogP contribution < -0.4 is 4.90 Å². The van der Waals surface area contributed by atoms with Crippen molar-refractivity contribution in [3.8, 4) is 61.5 Å². The molecule has 0 bridgehead atoms. The SMILES string of the molecule is CC1(C)c2ccccc2-c2c1c1cc(-c3ccc(-c4ccc(N(c5ccc(-c6ccccc6)cc5)c5ccc(-c6ccccc6)cc5)cc4)cc3)ccc1n2-c1ccccc1. The van der Waals surface area contributed by atoms with Crippen LogP contribution in [-0.4, -0.2) is 4.57 Å². The number of rotatable bonds is 8.